The van der Waals surface area contributed by atoms with Gasteiger partial charge in [0.15, 0.2) is 5.82 Å². The first-order chi connectivity index (χ1) is 12.7. The van der Waals surface area contributed by atoms with E-state index in [1.54, 1.807) is 0 Å². The van der Waals surface area contributed by atoms with Crippen molar-refractivity contribution in [2.45, 2.75) is 31.3 Å². The first-order valence-corrected chi connectivity index (χ1v) is 8.69. The maximum Gasteiger partial charge on any atom is 0.226 e. The number of nitrogens with one attached hydrogen (secondary N) is 1. The van der Waals surface area contributed by atoms with Crippen molar-refractivity contribution >= 4 is 24.0 Å². The molecular weight excluding hydrogens is 364 g/mol. The molecule has 140 valence electrons. The van der Waals surface area contributed by atoms with Crippen LogP contribution in [0.5, 0.6) is 0 Å². The fraction of sp³-hybridized carbons (Fsp3) is 0.263. The summed E-state index contributed by atoms with van der Waals surface area (Å²) >= 11 is 0. The Bertz CT molecular complexity index is 909. The van der Waals surface area contributed by atoms with Crippen molar-refractivity contribution in [3.8, 4) is 11.4 Å². The lowest BCUT2D eigenvalue weighted by molar-refractivity contribution is -0.116. The normalized spacial score (nSPS) is 14.3. The van der Waals surface area contributed by atoms with Gasteiger partial charge in [-0.2, -0.15) is 0 Å². The summed E-state index contributed by atoms with van der Waals surface area (Å²) < 4.78 is 1.85. The molecule has 1 atom stereocenters. The third-order valence-corrected chi connectivity index (χ3v) is 4.42. The van der Waals surface area contributed by atoms with Gasteiger partial charge in [-0.15, -0.1) is 17.5 Å². The highest BCUT2D eigenvalue weighted by molar-refractivity contribution is 5.91. The molecule has 27 heavy (non-hydrogen) atoms. The Balaban J connectivity index is 0.00000210. The monoisotopic (exact) mass is 384 g/mol. The Kier molecular flexibility index (Phi) is 5.83. The van der Waals surface area contributed by atoms with Gasteiger partial charge in [-0.25, -0.2) is 4.68 Å². The molecule has 0 aliphatic heterocycles. The molecule has 0 spiro atoms. The van der Waals surface area contributed by atoms with E-state index in [0.29, 0.717) is 11.7 Å². The van der Waals surface area contributed by atoms with E-state index in [4.69, 9.17) is 5.73 Å². The Labute approximate surface area is 163 Å². The second-order valence-corrected chi connectivity index (χ2v) is 6.53. The van der Waals surface area contributed by atoms with Gasteiger partial charge in [0.1, 0.15) is 0 Å². The highest BCUT2D eigenvalue weighted by atomic mass is 35.5. The molecule has 7 nitrogen and oxygen atoms in total. The number of carbonyl (C=O) groups excluding carboxylic acids is 1. The number of nitrogens with zero attached hydrogens (tertiary/aromatic N) is 4. The summed E-state index contributed by atoms with van der Waals surface area (Å²) in [5.74, 6) is 0.602. The van der Waals surface area contributed by atoms with E-state index in [-0.39, 0.29) is 30.8 Å². The van der Waals surface area contributed by atoms with Gasteiger partial charge in [-0.3, -0.25) is 4.79 Å². The van der Waals surface area contributed by atoms with Crippen LogP contribution in [-0.2, 0) is 4.79 Å². The van der Waals surface area contributed by atoms with E-state index in [0.717, 1.165) is 29.8 Å². The van der Waals surface area contributed by atoms with E-state index in [1.807, 2.05) is 59.3 Å². The highest BCUT2D eigenvalue weighted by Gasteiger charge is 2.28. The lowest BCUT2D eigenvalue weighted by Crippen LogP contribution is -2.20. The van der Waals surface area contributed by atoms with E-state index >= 15 is 0 Å². The lowest BCUT2D eigenvalue weighted by atomic mass is 10.0. The Hall–Kier alpha value is -2.77. The largest absolute Gasteiger partial charge is 0.326 e. The summed E-state index contributed by atoms with van der Waals surface area (Å²) in [6, 6.07) is 17.2. The molecule has 1 aromatic heterocycles. The van der Waals surface area contributed by atoms with Crippen LogP contribution in [0.25, 0.3) is 11.4 Å². The van der Waals surface area contributed by atoms with Crippen molar-refractivity contribution in [1.29, 1.82) is 0 Å². The summed E-state index contributed by atoms with van der Waals surface area (Å²) in [6.07, 6.45) is 2.42. The maximum absolute atomic E-state index is 12.3. The zero-order valence-corrected chi connectivity index (χ0v) is 15.5. The number of halogens is 1. The summed E-state index contributed by atoms with van der Waals surface area (Å²) in [4.78, 5) is 12.3. The third kappa shape index (κ3) is 4.50. The van der Waals surface area contributed by atoms with Gasteiger partial charge in [0.05, 0.1) is 6.04 Å². The van der Waals surface area contributed by atoms with Crippen LogP contribution in [0.3, 0.4) is 0 Å². The molecular formula is C19H21ClN6O. The number of amides is 1. The predicted molar refractivity (Wildman–Crippen MR) is 105 cm³/mol. The number of nitrogens with two attached hydrogens (primary N) is 1. The average molecular weight is 385 g/mol. The molecule has 1 saturated carbocycles. The van der Waals surface area contributed by atoms with E-state index in [2.05, 4.69) is 20.8 Å². The van der Waals surface area contributed by atoms with Gasteiger partial charge in [-0.1, -0.05) is 42.5 Å². The molecule has 0 saturated heterocycles. The van der Waals surface area contributed by atoms with Gasteiger partial charge in [-0.05, 0) is 41.0 Å². The van der Waals surface area contributed by atoms with Gasteiger partial charge in [0.25, 0.3) is 0 Å². The van der Waals surface area contributed by atoms with Crippen LogP contribution in [0.15, 0.2) is 54.6 Å². The summed E-state index contributed by atoms with van der Waals surface area (Å²) in [7, 11) is 0. The smallest absolute Gasteiger partial charge is 0.226 e. The number of rotatable bonds is 6. The molecule has 1 fully saturated rings. The Morgan fingerprint density at radius 2 is 1.96 bits per heavy atom. The fourth-order valence-electron chi connectivity index (χ4n) is 2.91. The zero-order chi connectivity index (χ0) is 17.9. The molecule has 1 amide bonds. The van der Waals surface area contributed by atoms with Gasteiger partial charge >= 0.3 is 0 Å². The van der Waals surface area contributed by atoms with E-state index in [9.17, 15) is 4.79 Å². The van der Waals surface area contributed by atoms with Crippen LogP contribution < -0.4 is 11.1 Å². The Morgan fingerprint density at radius 1 is 1.19 bits per heavy atom. The summed E-state index contributed by atoms with van der Waals surface area (Å²) in [5, 5.41) is 14.9. The molecule has 1 aliphatic carbocycles. The zero-order valence-electron chi connectivity index (χ0n) is 14.7. The van der Waals surface area contributed by atoms with Crippen molar-refractivity contribution in [2.24, 2.45) is 5.73 Å². The van der Waals surface area contributed by atoms with Crippen LogP contribution in [-0.4, -0.2) is 26.1 Å². The molecule has 3 N–H and O–H groups in total. The van der Waals surface area contributed by atoms with Crippen LogP contribution in [0.1, 0.15) is 36.9 Å². The second-order valence-electron chi connectivity index (χ2n) is 6.53. The van der Waals surface area contributed by atoms with E-state index in [1.165, 1.54) is 0 Å². The first-order valence-electron chi connectivity index (χ1n) is 8.69. The van der Waals surface area contributed by atoms with E-state index < -0.39 is 0 Å². The van der Waals surface area contributed by atoms with Gasteiger partial charge in [0.2, 0.25) is 5.91 Å². The second kappa shape index (κ2) is 8.28. The fourth-order valence-corrected chi connectivity index (χ4v) is 2.91. The lowest BCUT2D eigenvalue weighted by Gasteiger charge is -2.12. The summed E-state index contributed by atoms with van der Waals surface area (Å²) in [6.45, 7) is 0. The third-order valence-electron chi connectivity index (χ3n) is 4.42. The molecule has 8 heteroatoms. The van der Waals surface area contributed by atoms with Gasteiger partial charge < -0.3 is 11.1 Å². The number of tetrazole rings is 1. The quantitative estimate of drug-likeness (QED) is 0.680. The number of anilines is 1. The maximum atomic E-state index is 12.3. The summed E-state index contributed by atoms with van der Waals surface area (Å²) in [5.41, 5.74) is 8.66. The molecule has 0 radical (unpaired) electrons. The standard InChI is InChI=1S/C19H20N6O.ClH/c20-17(13-5-2-1-3-6-13)12-18(26)21-15-8-4-7-14(11-15)19-22-23-24-25(19)16-9-10-16;/h1-8,11,16-17H,9-10,12,20H2,(H,21,26);1H. The van der Waals surface area contributed by atoms with Crippen molar-refractivity contribution in [1.82, 2.24) is 20.2 Å². The number of carbonyl (C=O) groups is 1. The van der Waals surface area contributed by atoms with Crippen LogP contribution in [0.4, 0.5) is 5.69 Å². The highest BCUT2D eigenvalue weighted by Crippen LogP contribution is 2.36. The number of hydrogen-bond donors (Lipinski definition) is 2. The predicted octanol–water partition coefficient (Wildman–Crippen LogP) is 3.13. The van der Waals surface area contributed by atoms with Crippen LogP contribution in [0, 0.1) is 0 Å². The number of hydrogen-bond acceptors (Lipinski definition) is 5. The minimum Gasteiger partial charge on any atom is -0.326 e. The molecule has 2 aromatic carbocycles. The SMILES string of the molecule is Cl.NC(CC(=O)Nc1cccc(-c2nnnn2C2CC2)c1)c1ccccc1. The van der Waals surface area contributed by atoms with Crippen molar-refractivity contribution in [3.05, 3.63) is 60.2 Å². The topological polar surface area (TPSA) is 98.7 Å². The van der Waals surface area contributed by atoms with Crippen LogP contribution in [0.2, 0.25) is 0 Å². The number of benzene rings is 2. The van der Waals surface area contributed by atoms with Crippen molar-refractivity contribution in [3.63, 3.8) is 0 Å². The number of aromatic nitrogens is 4. The minimum absolute atomic E-state index is 0. The molecule has 3 aromatic rings. The molecule has 0 bridgehead atoms. The minimum atomic E-state index is -0.332. The molecule has 1 heterocycles. The molecule has 4 rings (SSSR count). The average Bonchev–Trinajstić information content (AvgIpc) is 3.39. The first kappa shape index (κ1) is 19.0. The van der Waals surface area contributed by atoms with Crippen LogP contribution >= 0.6 is 12.4 Å². The Morgan fingerprint density at radius 3 is 2.70 bits per heavy atom. The van der Waals surface area contributed by atoms with Gasteiger partial charge in [0, 0.05) is 23.7 Å². The van der Waals surface area contributed by atoms with Crippen molar-refractivity contribution < 1.29 is 4.79 Å². The molecule has 1 unspecified atom stereocenters. The van der Waals surface area contributed by atoms with Crippen molar-refractivity contribution in [2.75, 3.05) is 5.32 Å². The molecule has 1 aliphatic rings.